The number of thioether (sulfide) groups is 1. The van der Waals surface area contributed by atoms with Crippen LogP contribution in [0, 0.1) is 0 Å². The normalized spacial score (nSPS) is 20.3. The SMILES string of the molecule is CCOC(=O)c1ccc(OC2C[C@H]3CC[C@@H](C2)N3C(=O)c2ccc(CSc3ccc(CC)cc3)cc2)cc1. The minimum absolute atomic E-state index is 0.0655. The van der Waals surface area contributed by atoms with Crippen molar-refractivity contribution >= 4 is 23.6 Å². The second kappa shape index (κ2) is 12.1. The van der Waals surface area contributed by atoms with Crippen molar-refractivity contribution in [3.8, 4) is 5.75 Å². The third-order valence-corrected chi connectivity index (χ3v) is 8.61. The van der Waals surface area contributed by atoms with Crippen LogP contribution in [-0.2, 0) is 16.9 Å². The van der Waals surface area contributed by atoms with Gasteiger partial charge in [0, 0.05) is 41.1 Å². The Morgan fingerprint density at radius 3 is 2.03 bits per heavy atom. The molecule has 5 nitrogen and oxygen atoms in total. The van der Waals surface area contributed by atoms with Gasteiger partial charge in [-0.15, -0.1) is 11.8 Å². The lowest BCUT2D eigenvalue weighted by Crippen LogP contribution is -2.49. The fourth-order valence-corrected chi connectivity index (χ4v) is 6.37. The number of hydrogen-bond donors (Lipinski definition) is 0. The first kappa shape index (κ1) is 26.4. The van der Waals surface area contributed by atoms with Gasteiger partial charge in [0.05, 0.1) is 12.2 Å². The number of rotatable bonds is 9. The van der Waals surface area contributed by atoms with Crippen LogP contribution < -0.4 is 4.74 Å². The number of amides is 1. The molecule has 5 rings (SSSR count). The fraction of sp³-hybridized carbons (Fsp3) is 0.375. The summed E-state index contributed by atoms with van der Waals surface area (Å²) in [7, 11) is 0. The van der Waals surface area contributed by atoms with Gasteiger partial charge >= 0.3 is 5.97 Å². The van der Waals surface area contributed by atoms with Crippen LogP contribution in [0.5, 0.6) is 5.75 Å². The molecule has 1 amide bonds. The number of fused-ring (bicyclic) bond motifs is 2. The van der Waals surface area contributed by atoms with Crippen molar-refractivity contribution < 1.29 is 19.1 Å². The third-order valence-electron chi connectivity index (χ3n) is 7.53. The minimum Gasteiger partial charge on any atom is -0.490 e. The summed E-state index contributed by atoms with van der Waals surface area (Å²) in [4.78, 5) is 28.7. The van der Waals surface area contributed by atoms with Crippen LogP contribution in [0.25, 0.3) is 0 Å². The smallest absolute Gasteiger partial charge is 0.338 e. The lowest BCUT2D eigenvalue weighted by atomic mass is 9.98. The van der Waals surface area contributed by atoms with Gasteiger partial charge in [-0.05, 0) is 85.8 Å². The van der Waals surface area contributed by atoms with E-state index in [0.29, 0.717) is 12.2 Å². The molecular weight excluding hydrogens is 494 g/mol. The topological polar surface area (TPSA) is 55.8 Å². The average Bonchev–Trinajstić information content (AvgIpc) is 3.22. The van der Waals surface area contributed by atoms with E-state index in [9.17, 15) is 9.59 Å². The monoisotopic (exact) mass is 529 g/mol. The lowest BCUT2D eigenvalue weighted by Gasteiger charge is -2.39. The summed E-state index contributed by atoms with van der Waals surface area (Å²) in [6, 6.07) is 24.4. The lowest BCUT2D eigenvalue weighted by molar-refractivity contribution is 0.0359. The van der Waals surface area contributed by atoms with Gasteiger partial charge < -0.3 is 14.4 Å². The Balaban J connectivity index is 1.15. The summed E-state index contributed by atoms with van der Waals surface area (Å²) in [5, 5.41) is 0. The zero-order valence-electron chi connectivity index (χ0n) is 22.1. The molecule has 2 heterocycles. The molecule has 38 heavy (non-hydrogen) atoms. The molecule has 0 spiro atoms. The van der Waals surface area contributed by atoms with Crippen molar-refractivity contribution in [3.63, 3.8) is 0 Å². The predicted molar refractivity (Wildman–Crippen MR) is 151 cm³/mol. The van der Waals surface area contributed by atoms with E-state index >= 15 is 0 Å². The molecular formula is C32H35NO4S. The van der Waals surface area contributed by atoms with Crippen molar-refractivity contribution in [2.45, 2.75) is 74.8 Å². The molecule has 6 heteroatoms. The third kappa shape index (κ3) is 6.07. The summed E-state index contributed by atoms with van der Waals surface area (Å²) >= 11 is 1.82. The highest BCUT2D eigenvalue weighted by Gasteiger charge is 2.44. The van der Waals surface area contributed by atoms with Crippen LogP contribution in [0.3, 0.4) is 0 Å². The number of esters is 1. The fourth-order valence-electron chi connectivity index (χ4n) is 5.51. The van der Waals surface area contributed by atoms with Crippen molar-refractivity contribution in [1.82, 2.24) is 4.90 Å². The Bertz CT molecular complexity index is 1230. The van der Waals surface area contributed by atoms with Gasteiger partial charge in [0.15, 0.2) is 0 Å². The summed E-state index contributed by atoms with van der Waals surface area (Å²) in [5.74, 6) is 1.44. The van der Waals surface area contributed by atoms with Crippen LogP contribution >= 0.6 is 11.8 Å². The van der Waals surface area contributed by atoms with E-state index in [4.69, 9.17) is 9.47 Å². The zero-order chi connectivity index (χ0) is 26.5. The Kier molecular flexibility index (Phi) is 8.38. The molecule has 3 aromatic rings. The van der Waals surface area contributed by atoms with E-state index in [-0.39, 0.29) is 30.1 Å². The van der Waals surface area contributed by atoms with Crippen molar-refractivity contribution in [1.29, 1.82) is 0 Å². The van der Waals surface area contributed by atoms with Crippen molar-refractivity contribution in [2.75, 3.05) is 6.61 Å². The van der Waals surface area contributed by atoms with E-state index < -0.39 is 0 Å². The quantitative estimate of drug-likeness (QED) is 0.222. The van der Waals surface area contributed by atoms with Gasteiger partial charge in [0.2, 0.25) is 0 Å². The Morgan fingerprint density at radius 1 is 0.816 bits per heavy atom. The van der Waals surface area contributed by atoms with Gasteiger partial charge in [-0.2, -0.15) is 0 Å². The molecule has 198 valence electrons. The van der Waals surface area contributed by atoms with Crippen molar-refractivity contribution in [2.24, 2.45) is 0 Å². The van der Waals surface area contributed by atoms with E-state index in [1.54, 1.807) is 19.1 Å². The predicted octanol–water partition coefficient (Wildman–Crippen LogP) is 6.93. The highest BCUT2D eigenvalue weighted by molar-refractivity contribution is 7.98. The molecule has 2 fully saturated rings. The number of nitrogens with zero attached hydrogens (tertiary/aromatic N) is 1. The number of aryl methyl sites for hydroxylation is 1. The number of piperidine rings is 1. The second-order valence-corrected chi connectivity index (χ2v) is 11.1. The molecule has 0 radical (unpaired) electrons. The molecule has 2 saturated heterocycles. The van der Waals surface area contributed by atoms with E-state index in [0.717, 1.165) is 49.2 Å². The van der Waals surface area contributed by atoms with Gasteiger partial charge in [0.1, 0.15) is 11.9 Å². The molecule has 2 bridgehead atoms. The van der Waals surface area contributed by atoms with E-state index in [2.05, 4.69) is 48.2 Å². The highest BCUT2D eigenvalue weighted by atomic mass is 32.2. The summed E-state index contributed by atoms with van der Waals surface area (Å²) < 4.78 is 11.3. The molecule has 0 saturated carbocycles. The zero-order valence-corrected chi connectivity index (χ0v) is 22.9. The van der Waals surface area contributed by atoms with E-state index in [1.807, 2.05) is 36.0 Å². The Morgan fingerprint density at radius 2 is 1.42 bits per heavy atom. The molecule has 3 atom stereocenters. The van der Waals surface area contributed by atoms with Crippen LogP contribution in [0.2, 0.25) is 0 Å². The van der Waals surface area contributed by atoms with Gasteiger partial charge in [-0.25, -0.2) is 4.79 Å². The highest BCUT2D eigenvalue weighted by Crippen LogP contribution is 2.38. The second-order valence-electron chi connectivity index (χ2n) is 10.0. The van der Waals surface area contributed by atoms with Gasteiger partial charge in [-0.3, -0.25) is 4.79 Å². The minimum atomic E-state index is -0.322. The standard InChI is InChI=1S/C32H35NO4S/c1-3-22-7-17-30(18-8-22)38-21-23-5-9-24(10-6-23)31(34)33-26-13-14-27(33)20-29(19-26)37-28-15-11-25(12-16-28)32(35)36-4-2/h5-12,15-18,26-27,29H,3-4,13-14,19-21H2,1-2H3/t26-,27+,29?. The number of carbonyl (C=O) groups excluding carboxylic acids is 2. The number of benzene rings is 3. The summed E-state index contributed by atoms with van der Waals surface area (Å²) in [5.41, 5.74) is 3.86. The van der Waals surface area contributed by atoms with Crippen LogP contribution in [-0.4, -0.2) is 41.6 Å². The summed E-state index contributed by atoms with van der Waals surface area (Å²) in [6.07, 6.45) is 4.81. The largest absolute Gasteiger partial charge is 0.490 e. The maximum absolute atomic E-state index is 13.5. The summed E-state index contributed by atoms with van der Waals surface area (Å²) in [6.45, 7) is 4.32. The van der Waals surface area contributed by atoms with Gasteiger partial charge in [-0.1, -0.05) is 31.2 Å². The van der Waals surface area contributed by atoms with Gasteiger partial charge in [0.25, 0.3) is 5.91 Å². The molecule has 3 aromatic carbocycles. The number of carbonyl (C=O) groups is 2. The first-order chi connectivity index (χ1) is 18.5. The molecule has 1 unspecified atom stereocenters. The maximum Gasteiger partial charge on any atom is 0.338 e. The Labute approximate surface area is 229 Å². The van der Waals surface area contributed by atoms with Crippen LogP contribution in [0.1, 0.15) is 71.4 Å². The average molecular weight is 530 g/mol. The molecule has 0 aliphatic carbocycles. The van der Waals surface area contributed by atoms with Crippen LogP contribution in [0.15, 0.2) is 77.7 Å². The first-order valence-corrected chi connectivity index (χ1v) is 14.6. The number of hydrogen-bond acceptors (Lipinski definition) is 5. The van der Waals surface area contributed by atoms with E-state index in [1.165, 1.54) is 16.0 Å². The molecule has 0 aromatic heterocycles. The first-order valence-electron chi connectivity index (χ1n) is 13.6. The van der Waals surface area contributed by atoms with Crippen molar-refractivity contribution in [3.05, 3.63) is 95.1 Å². The van der Waals surface area contributed by atoms with Crippen LogP contribution in [0.4, 0.5) is 0 Å². The molecule has 0 N–H and O–H groups in total. The molecule has 2 aliphatic rings. The Hall–Kier alpha value is -3.25. The molecule has 2 aliphatic heterocycles. The number of ether oxygens (including phenoxy) is 2. The maximum atomic E-state index is 13.5.